The lowest BCUT2D eigenvalue weighted by Crippen LogP contribution is -2.31. The molecule has 0 unspecified atom stereocenters. The fraction of sp³-hybridized carbons (Fsp3) is 0.571. The first-order valence-electron chi connectivity index (χ1n) is 6.33. The molecule has 0 spiro atoms. The topological polar surface area (TPSA) is 23.5 Å². The van der Waals surface area contributed by atoms with Crippen molar-refractivity contribution in [1.82, 2.24) is 0 Å². The van der Waals surface area contributed by atoms with Gasteiger partial charge in [-0.2, -0.15) is 0 Å². The molecule has 0 atom stereocenters. The van der Waals surface area contributed by atoms with Crippen molar-refractivity contribution < 1.29 is 5.11 Å². The van der Waals surface area contributed by atoms with Crippen LogP contribution in [0.25, 0.3) is 0 Å². The van der Waals surface area contributed by atoms with E-state index in [4.69, 9.17) is 5.11 Å². The summed E-state index contributed by atoms with van der Waals surface area (Å²) in [6.45, 7) is 4.64. The predicted octanol–water partition coefficient (Wildman–Crippen LogP) is 2.38. The van der Waals surface area contributed by atoms with E-state index in [-0.39, 0.29) is 0 Å². The van der Waals surface area contributed by atoms with E-state index < -0.39 is 0 Å². The van der Waals surface area contributed by atoms with Gasteiger partial charge in [-0.3, -0.25) is 0 Å². The molecule has 0 saturated heterocycles. The van der Waals surface area contributed by atoms with Crippen molar-refractivity contribution in [2.24, 2.45) is 0 Å². The third kappa shape index (κ3) is 2.22. The summed E-state index contributed by atoms with van der Waals surface area (Å²) in [6.07, 6.45) is 4.42. The van der Waals surface area contributed by atoms with E-state index in [1.807, 2.05) is 0 Å². The Labute approximate surface area is 97.9 Å². The number of rotatable bonds is 4. The summed E-state index contributed by atoms with van der Waals surface area (Å²) in [5.41, 5.74) is 4.39. The van der Waals surface area contributed by atoms with Gasteiger partial charge in [0, 0.05) is 25.4 Å². The molecule has 2 rings (SSSR count). The number of hydrogen-bond donors (Lipinski definition) is 1. The molecule has 0 aliphatic carbocycles. The van der Waals surface area contributed by atoms with Gasteiger partial charge in [0.2, 0.25) is 0 Å². The van der Waals surface area contributed by atoms with Gasteiger partial charge in [0.1, 0.15) is 0 Å². The van der Waals surface area contributed by atoms with Crippen molar-refractivity contribution in [2.45, 2.75) is 32.6 Å². The third-order valence-electron chi connectivity index (χ3n) is 3.36. The highest BCUT2D eigenvalue weighted by Gasteiger charge is 2.18. The molecule has 0 radical (unpaired) electrons. The second-order valence-electron chi connectivity index (χ2n) is 4.45. The minimum atomic E-state index is 0.292. The molecule has 0 bridgehead atoms. The zero-order valence-electron chi connectivity index (χ0n) is 10.1. The van der Waals surface area contributed by atoms with Crippen LogP contribution >= 0.6 is 0 Å². The second kappa shape index (κ2) is 5.35. The van der Waals surface area contributed by atoms with E-state index in [0.717, 1.165) is 25.9 Å². The fourth-order valence-corrected chi connectivity index (χ4v) is 2.60. The van der Waals surface area contributed by atoms with Crippen molar-refractivity contribution in [3.63, 3.8) is 0 Å². The largest absolute Gasteiger partial charge is 0.396 e. The van der Waals surface area contributed by atoms with Gasteiger partial charge in [0.25, 0.3) is 0 Å². The lowest BCUT2D eigenvalue weighted by molar-refractivity contribution is 0.289. The van der Waals surface area contributed by atoms with Crippen LogP contribution in [0.15, 0.2) is 18.2 Å². The number of para-hydroxylation sites is 1. The summed E-state index contributed by atoms with van der Waals surface area (Å²) >= 11 is 0. The van der Waals surface area contributed by atoms with Crippen LogP contribution in [-0.4, -0.2) is 24.8 Å². The molecule has 1 heterocycles. The molecular formula is C14H21NO. The lowest BCUT2D eigenvalue weighted by atomic mass is 9.96. The molecule has 88 valence electrons. The Morgan fingerprint density at radius 2 is 2.25 bits per heavy atom. The van der Waals surface area contributed by atoms with Gasteiger partial charge >= 0.3 is 0 Å². The Hall–Kier alpha value is -1.02. The molecule has 2 heteroatoms. The van der Waals surface area contributed by atoms with Crippen molar-refractivity contribution in [3.05, 3.63) is 29.3 Å². The summed E-state index contributed by atoms with van der Waals surface area (Å²) in [4.78, 5) is 2.45. The summed E-state index contributed by atoms with van der Waals surface area (Å²) in [5.74, 6) is 0. The van der Waals surface area contributed by atoms with E-state index in [2.05, 4.69) is 30.0 Å². The zero-order chi connectivity index (χ0) is 11.4. The van der Waals surface area contributed by atoms with Gasteiger partial charge in [-0.1, -0.05) is 25.1 Å². The van der Waals surface area contributed by atoms with Crippen LogP contribution in [0, 0.1) is 0 Å². The number of fused-ring (bicyclic) bond motifs is 1. The predicted molar refractivity (Wildman–Crippen MR) is 68.1 cm³/mol. The quantitative estimate of drug-likeness (QED) is 0.840. The number of aryl methyl sites for hydroxylation is 2. The molecule has 1 aliphatic heterocycles. The van der Waals surface area contributed by atoms with Crippen molar-refractivity contribution >= 4 is 5.69 Å². The maximum Gasteiger partial charge on any atom is 0.0447 e. The molecule has 1 aliphatic rings. The molecule has 0 fully saturated rings. The standard InChI is InChI=1S/C14H21NO/c1-2-12-6-3-7-13-8-4-9-15(14(12)13)10-5-11-16/h3,6-7,16H,2,4-5,8-11H2,1H3. The summed E-state index contributed by atoms with van der Waals surface area (Å²) in [5, 5.41) is 8.94. The van der Waals surface area contributed by atoms with Gasteiger partial charge in [-0.25, -0.2) is 0 Å². The summed E-state index contributed by atoms with van der Waals surface area (Å²) in [7, 11) is 0. The highest BCUT2D eigenvalue weighted by atomic mass is 16.3. The molecule has 2 nitrogen and oxygen atoms in total. The Kier molecular flexibility index (Phi) is 3.83. The molecule has 0 saturated carbocycles. The fourth-order valence-electron chi connectivity index (χ4n) is 2.60. The van der Waals surface area contributed by atoms with Gasteiger partial charge in [-0.15, -0.1) is 0 Å². The number of benzene rings is 1. The van der Waals surface area contributed by atoms with E-state index >= 15 is 0 Å². The Balaban J connectivity index is 2.27. The van der Waals surface area contributed by atoms with E-state index in [1.165, 1.54) is 29.7 Å². The SMILES string of the molecule is CCc1cccc2c1N(CCCO)CCC2. The molecule has 1 aromatic carbocycles. The van der Waals surface area contributed by atoms with Crippen molar-refractivity contribution in [1.29, 1.82) is 0 Å². The Morgan fingerprint density at radius 1 is 1.38 bits per heavy atom. The smallest absolute Gasteiger partial charge is 0.0447 e. The molecule has 1 aromatic rings. The molecule has 0 aromatic heterocycles. The van der Waals surface area contributed by atoms with E-state index in [9.17, 15) is 0 Å². The summed E-state index contributed by atoms with van der Waals surface area (Å²) in [6, 6.07) is 6.66. The van der Waals surface area contributed by atoms with Gasteiger partial charge in [-0.05, 0) is 36.8 Å². The molecule has 1 N–H and O–H groups in total. The first-order chi connectivity index (χ1) is 7.86. The van der Waals surface area contributed by atoms with Crippen LogP contribution < -0.4 is 4.90 Å². The minimum Gasteiger partial charge on any atom is -0.396 e. The maximum absolute atomic E-state index is 8.94. The number of nitrogens with zero attached hydrogens (tertiary/aromatic N) is 1. The van der Waals surface area contributed by atoms with Crippen molar-refractivity contribution in [2.75, 3.05) is 24.6 Å². The highest BCUT2D eigenvalue weighted by Crippen LogP contribution is 2.31. The number of aliphatic hydroxyl groups excluding tert-OH is 1. The third-order valence-corrected chi connectivity index (χ3v) is 3.36. The number of hydrogen-bond acceptors (Lipinski definition) is 2. The Morgan fingerprint density at radius 3 is 3.00 bits per heavy atom. The van der Waals surface area contributed by atoms with Crippen LogP contribution in [0.4, 0.5) is 5.69 Å². The minimum absolute atomic E-state index is 0.292. The average molecular weight is 219 g/mol. The lowest BCUT2D eigenvalue weighted by Gasteiger charge is -2.33. The van der Waals surface area contributed by atoms with E-state index in [0.29, 0.717) is 6.61 Å². The average Bonchev–Trinajstić information content (AvgIpc) is 2.35. The van der Waals surface area contributed by atoms with Gasteiger partial charge in [0.05, 0.1) is 0 Å². The molecule has 0 amide bonds. The first-order valence-corrected chi connectivity index (χ1v) is 6.33. The van der Waals surface area contributed by atoms with Crippen LogP contribution in [0.2, 0.25) is 0 Å². The monoisotopic (exact) mass is 219 g/mol. The highest BCUT2D eigenvalue weighted by molar-refractivity contribution is 5.61. The first kappa shape index (κ1) is 11.5. The zero-order valence-corrected chi connectivity index (χ0v) is 10.1. The van der Waals surface area contributed by atoms with Crippen LogP contribution in [0.3, 0.4) is 0 Å². The van der Waals surface area contributed by atoms with E-state index in [1.54, 1.807) is 0 Å². The molecule has 16 heavy (non-hydrogen) atoms. The Bertz CT molecular complexity index is 334. The van der Waals surface area contributed by atoms with Crippen molar-refractivity contribution in [3.8, 4) is 0 Å². The second-order valence-corrected chi connectivity index (χ2v) is 4.45. The van der Waals surface area contributed by atoms with Crippen LogP contribution in [0.1, 0.15) is 30.9 Å². The molecular weight excluding hydrogens is 198 g/mol. The van der Waals surface area contributed by atoms with Gasteiger partial charge in [0.15, 0.2) is 0 Å². The van der Waals surface area contributed by atoms with Crippen LogP contribution in [-0.2, 0) is 12.8 Å². The number of anilines is 1. The number of aliphatic hydroxyl groups is 1. The normalized spacial score (nSPS) is 15.0. The maximum atomic E-state index is 8.94. The summed E-state index contributed by atoms with van der Waals surface area (Å²) < 4.78 is 0. The van der Waals surface area contributed by atoms with Crippen LogP contribution in [0.5, 0.6) is 0 Å². The van der Waals surface area contributed by atoms with Gasteiger partial charge < -0.3 is 10.0 Å².